The predicted molar refractivity (Wildman–Crippen MR) is 95.9 cm³/mol. The average molecular weight is 328 g/mol. The van der Waals surface area contributed by atoms with Crippen LogP contribution in [0.25, 0.3) is 0 Å². The lowest BCUT2D eigenvalue weighted by atomic mass is 9.98. The van der Waals surface area contributed by atoms with Crippen molar-refractivity contribution < 1.29 is 9.59 Å². The van der Waals surface area contributed by atoms with Crippen LogP contribution >= 0.6 is 0 Å². The summed E-state index contributed by atoms with van der Waals surface area (Å²) in [6.45, 7) is 3.85. The van der Waals surface area contributed by atoms with Gasteiger partial charge in [-0.1, -0.05) is 31.9 Å². The van der Waals surface area contributed by atoms with Gasteiger partial charge in [-0.25, -0.2) is 0 Å². The number of para-hydroxylation sites is 1. The molecule has 1 aliphatic carbocycles. The largest absolute Gasteiger partial charge is 0.339 e. The highest BCUT2D eigenvalue weighted by molar-refractivity contribution is 6.03. The van der Waals surface area contributed by atoms with Gasteiger partial charge in [0.1, 0.15) is 0 Å². The average Bonchev–Trinajstić information content (AvgIpc) is 3.08. The molecule has 1 heterocycles. The minimum atomic E-state index is 0.0365. The third-order valence-electron chi connectivity index (χ3n) is 5.45. The summed E-state index contributed by atoms with van der Waals surface area (Å²) in [6, 6.07) is 7.41. The van der Waals surface area contributed by atoms with E-state index in [-0.39, 0.29) is 11.8 Å². The maximum absolute atomic E-state index is 12.8. The van der Waals surface area contributed by atoms with E-state index in [1.807, 2.05) is 29.2 Å². The van der Waals surface area contributed by atoms with E-state index in [2.05, 4.69) is 12.2 Å². The lowest BCUT2D eigenvalue weighted by Gasteiger charge is -2.30. The van der Waals surface area contributed by atoms with Crippen LogP contribution in [0.2, 0.25) is 0 Å². The predicted octanol–water partition coefficient (Wildman–Crippen LogP) is 4.08. The summed E-state index contributed by atoms with van der Waals surface area (Å²) in [5.74, 6) is 1.28. The van der Waals surface area contributed by atoms with Crippen molar-refractivity contribution in [3.8, 4) is 0 Å². The van der Waals surface area contributed by atoms with E-state index in [1.54, 1.807) is 0 Å². The molecule has 0 unspecified atom stereocenters. The Bertz CT molecular complexity index is 585. The second-order valence-electron chi connectivity index (χ2n) is 7.42. The van der Waals surface area contributed by atoms with Gasteiger partial charge in [0.15, 0.2) is 0 Å². The van der Waals surface area contributed by atoms with Crippen LogP contribution in [-0.4, -0.2) is 29.8 Å². The summed E-state index contributed by atoms with van der Waals surface area (Å²) in [4.78, 5) is 27.1. The zero-order valence-corrected chi connectivity index (χ0v) is 14.6. The molecule has 130 valence electrons. The molecule has 2 aliphatic rings. The Balaban J connectivity index is 1.65. The third-order valence-corrected chi connectivity index (χ3v) is 5.45. The number of hydrogen-bond acceptors (Lipinski definition) is 2. The van der Waals surface area contributed by atoms with Gasteiger partial charge >= 0.3 is 0 Å². The number of nitrogens with one attached hydrogen (secondary N) is 1. The molecule has 0 radical (unpaired) electrons. The van der Waals surface area contributed by atoms with E-state index in [0.717, 1.165) is 38.8 Å². The molecule has 1 aliphatic heterocycles. The first-order valence-corrected chi connectivity index (χ1v) is 9.31. The maximum atomic E-state index is 12.8. The van der Waals surface area contributed by atoms with Gasteiger partial charge in [-0.15, -0.1) is 0 Å². The molecular weight excluding hydrogens is 300 g/mol. The molecular formula is C20H28N2O2. The molecule has 24 heavy (non-hydrogen) atoms. The van der Waals surface area contributed by atoms with Crippen molar-refractivity contribution in [2.75, 3.05) is 18.4 Å². The van der Waals surface area contributed by atoms with Gasteiger partial charge in [0.05, 0.1) is 11.3 Å². The molecule has 0 spiro atoms. The molecule has 1 aromatic rings. The van der Waals surface area contributed by atoms with Crippen molar-refractivity contribution in [1.82, 2.24) is 4.90 Å². The Hall–Kier alpha value is -1.84. The molecule has 1 saturated heterocycles. The van der Waals surface area contributed by atoms with Gasteiger partial charge in [-0.3, -0.25) is 9.59 Å². The van der Waals surface area contributed by atoms with Crippen LogP contribution in [0.15, 0.2) is 24.3 Å². The second-order valence-corrected chi connectivity index (χ2v) is 7.42. The van der Waals surface area contributed by atoms with E-state index in [9.17, 15) is 9.59 Å². The topological polar surface area (TPSA) is 49.4 Å². The highest BCUT2D eigenvalue weighted by atomic mass is 16.2. The van der Waals surface area contributed by atoms with Gasteiger partial charge in [0.2, 0.25) is 5.91 Å². The number of anilines is 1. The molecule has 0 bridgehead atoms. The fourth-order valence-electron chi connectivity index (χ4n) is 3.84. The van der Waals surface area contributed by atoms with E-state index in [1.165, 1.54) is 12.8 Å². The van der Waals surface area contributed by atoms with Gasteiger partial charge in [-0.05, 0) is 49.7 Å². The summed E-state index contributed by atoms with van der Waals surface area (Å²) in [6.07, 6.45) is 7.47. The monoisotopic (exact) mass is 328 g/mol. The fraction of sp³-hybridized carbons (Fsp3) is 0.600. The molecule has 3 rings (SSSR count). The van der Waals surface area contributed by atoms with Crippen molar-refractivity contribution in [3.05, 3.63) is 29.8 Å². The van der Waals surface area contributed by atoms with Crippen LogP contribution in [0.3, 0.4) is 0 Å². The molecule has 1 aromatic carbocycles. The normalized spacial score (nSPS) is 19.5. The lowest BCUT2D eigenvalue weighted by molar-refractivity contribution is -0.117. The number of nitrogens with zero attached hydrogens (tertiary/aromatic N) is 1. The van der Waals surface area contributed by atoms with Crippen molar-refractivity contribution >= 4 is 17.5 Å². The highest BCUT2D eigenvalue weighted by Crippen LogP contribution is 2.28. The molecule has 4 heteroatoms. The lowest BCUT2D eigenvalue weighted by Crippen LogP contribution is -2.38. The summed E-state index contributed by atoms with van der Waals surface area (Å²) in [7, 11) is 0. The quantitative estimate of drug-likeness (QED) is 0.905. The number of hydrogen-bond donors (Lipinski definition) is 1. The molecule has 2 fully saturated rings. The first-order valence-electron chi connectivity index (χ1n) is 9.31. The van der Waals surface area contributed by atoms with Crippen LogP contribution < -0.4 is 5.32 Å². The Morgan fingerprint density at radius 2 is 1.75 bits per heavy atom. The van der Waals surface area contributed by atoms with E-state index < -0.39 is 0 Å². The summed E-state index contributed by atoms with van der Waals surface area (Å²) >= 11 is 0. The summed E-state index contributed by atoms with van der Waals surface area (Å²) in [5.41, 5.74) is 1.27. The van der Waals surface area contributed by atoms with E-state index in [4.69, 9.17) is 0 Å². The molecule has 1 saturated carbocycles. The number of carbonyl (C=O) groups excluding carboxylic acids is 2. The summed E-state index contributed by atoms with van der Waals surface area (Å²) in [5, 5.41) is 2.98. The number of likely N-dealkylation sites (tertiary alicyclic amines) is 1. The Labute approximate surface area is 144 Å². The van der Waals surface area contributed by atoms with Crippen LogP contribution in [0, 0.1) is 11.8 Å². The maximum Gasteiger partial charge on any atom is 0.255 e. The first-order chi connectivity index (χ1) is 11.6. The van der Waals surface area contributed by atoms with Crippen LogP contribution in [0.5, 0.6) is 0 Å². The van der Waals surface area contributed by atoms with E-state index in [0.29, 0.717) is 29.5 Å². The van der Waals surface area contributed by atoms with Crippen molar-refractivity contribution in [1.29, 1.82) is 0 Å². The third kappa shape index (κ3) is 4.16. The minimum Gasteiger partial charge on any atom is -0.339 e. The van der Waals surface area contributed by atoms with Crippen molar-refractivity contribution in [2.45, 2.75) is 51.9 Å². The number of amides is 2. The Morgan fingerprint density at radius 3 is 2.46 bits per heavy atom. The van der Waals surface area contributed by atoms with E-state index >= 15 is 0 Å². The number of benzene rings is 1. The number of rotatable bonds is 4. The smallest absolute Gasteiger partial charge is 0.255 e. The zero-order valence-electron chi connectivity index (χ0n) is 14.6. The summed E-state index contributed by atoms with van der Waals surface area (Å²) < 4.78 is 0. The van der Waals surface area contributed by atoms with Crippen LogP contribution in [0.4, 0.5) is 5.69 Å². The van der Waals surface area contributed by atoms with Gasteiger partial charge in [-0.2, -0.15) is 0 Å². The van der Waals surface area contributed by atoms with Crippen LogP contribution in [0.1, 0.15) is 62.2 Å². The second kappa shape index (κ2) is 7.82. The van der Waals surface area contributed by atoms with Gasteiger partial charge in [0.25, 0.3) is 5.91 Å². The number of carbonyl (C=O) groups is 2. The SMILES string of the molecule is CC1CCN(C(=O)c2ccccc2NC(=O)CC2CCCC2)CC1. The molecule has 0 aromatic heterocycles. The zero-order chi connectivity index (χ0) is 16.9. The van der Waals surface area contributed by atoms with Crippen LogP contribution in [-0.2, 0) is 4.79 Å². The molecule has 2 amide bonds. The number of piperidine rings is 1. The highest BCUT2D eigenvalue weighted by Gasteiger charge is 2.24. The first kappa shape index (κ1) is 17.0. The van der Waals surface area contributed by atoms with Gasteiger partial charge < -0.3 is 10.2 Å². The minimum absolute atomic E-state index is 0.0365. The Kier molecular flexibility index (Phi) is 5.54. The Morgan fingerprint density at radius 1 is 1.08 bits per heavy atom. The molecule has 0 atom stereocenters. The molecule has 1 N–H and O–H groups in total. The van der Waals surface area contributed by atoms with Crippen molar-refractivity contribution in [3.63, 3.8) is 0 Å². The van der Waals surface area contributed by atoms with Crippen molar-refractivity contribution in [2.24, 2.45) is 11.8 Å². The van der Waals surface area contributed by atoms with Gasteiger partial charge in [0, 0.05) is 19.5 Å². The molecule has 4 nitrogen and oxygen atoms in total. The fourth-order valence-corrected chi connectivity index (χ4v) is 3.84. The standard InChI is InChI=1S/C20H28N2O2/c1-15-10-12-22(13-11-15)20(24)17-8-4-5-9-18(17)21-19(23)14-16-6-2-3-7-16/h4-5,8-9,15-16H,2-3,6-7,10-14H2,1H3,(H,21,23).